The standard InChI is InChI=1S/C25H24BrN3O5S2/c1-3-28-22-14-7-18(15-23(22)35-25(28)31)27-24(30)16-29(19-8-10-20(11-9-19)34-4-2)36(32,33)21-12-5-17(26)6-13-21/h5-15H,3-4,16H2,1-2H3,(H,27,30). The minimum Gasteiger partial charge on any atom is -0.494 e. The van der Waals surface area contributed by atoms with Gasteiger partial charge in [0.15, 0.2) is 0 Å². The highest BCUT2D eigenvalue weighted by Gasteiger charge is 2.27. The Balaban J connectivity index is 1.64. The highest BCUT2D eigenvalue weighted by molar-refractivity contribution is 9.10. The number of aryl methyl sites for hydroxylation is 1. The largest absolute Gasteiger partial charge is 0.494 e. The van der Waals surface area contributed by atoms with Crippen molar-refractivity contribution < 1.29 is 17.9 Å². The summed E-state index contributed by atoms with van der Waals surface area (Å²) >= 11 is 4.41. The van der Waals surface area contributed by atoms with Gasteiger partial charge in [-0.25, -0.2) is 8.42 Å². The molecule has 0 saturated heterocycles. The molecule has 4 aromatic rings. The van der Waals surface area contributed by atoms with Crippen LogP contribution >= 0.6 is 27.3 Å². The predicted octanol–water partition coefficient (Wildman–Crippen LogP) is 5.08. The van der Waals surface area contributed by atoms with Crippen LogP contribution < -0.4 is 19.2 Å². The number of carbonyl (C=O) groups excluding carboxylic acids is 1. The van der Waals surface area contributed by atoms with E-state index in [2.05, 4.69) is 21.2 Å². The lowest BCUT2D eigenvalue weighted by Crippen LogP contribution is -2.38. The number of sulfonamides is 1. The summed E-state index contributed by atoms with van der Waals surface area (Å²) in [7, 11) is -4.06. The Labute approximate surface area is 221 Å². The number of nitrogens with one attached hydrogen (secondary N) is 1. The zero-order chi connectivity index (χ0) is 25.9. The number of hydrogen-bond donors (Lipinski definition) is 1. The second-order valence-corrected chi connectivity index (χ2v) is 11.5. The first-order chi connectivity index (χ1) is 17.2. The van der Waals surface area contributed by atoms with Gasteiger partial charge in [0.2, 0.25) is 5.91 Å². The number of thiazole rings is 1. The van der Waals surface area contributed by atoms with Gasteiger partial charge in [0, 0.05) is 16.7 Å². The van der Waals surface area contributed by atoms with Crippen molar-refractivity contribution in [2.75, 3.05) is 22.8 Å². The van der Waals surface area contributed by atoms with Crippen molar-refractivity contribution in [1.29, 1.82) is 0 Å². The summed E-state index contributed by atoms with van der Waals surface area (Å²) in [6.45, 7) is 4.33. The number of anilines is 2. The minimum absolute atomic E-state index is 0.0551. The third-order valence-corrected chi connectivity index (χ3v) is 8.65. The van der Waals surface area contributed by atoms with Crippen molar-refractivity contribution in [2.45, 2.75) is 25.3 Å². The molecule has 0 bridgehead atoms. The maximum atomic E-state index is 13.6. The maximum Gasteiger partial charge on any atom is 0.308 e. The van der Waals surface area contributed by atoms with Crippen molar-refractivity contribution in [3.63, 3.8) is 0 Å². The molecule has 0 spiro atoms. The van der Waals surface area contributed by atoms with Gasteiger partial charge >= 0.3 is 4.87 Å². The smallest absolute Gasteiger partial charge is 0.308 e. The maximum absolute atomic E-state index is 13.6. The van der Waals surface area contributed by atoms with Gasteiger partial charge in [0.1, 0.15) is 12.3 Å². The molecule has 36 heavy (non-hydrogen) atoms. The van der Waals surface area contributed by atoms with Crippen LogP contribution in [0, 0.1) is 0 Å². The van der Waals surface area contributed by atoms with Gasteiger partial charge in [-0.15, -0.1) is 0 Å². The molecule has 1 heterocycles. The van der Waals surface area contributed by atoms with Crippen LogP contribution in [0.5, 0.6) is 5.75 Å². The van der Waals surface area contributed by atoms with Crippen LogP contribution in [0.2, 0.25) is 0 Å². The summed E-state index contributed by atoms with van der Waals surface area (Å²) in [6, 6.07) is 17.9. The topological polar surface area (TPSA) is 97.7 Å². The Morgan fingerprint density at radius 1 is 1.06 bits per heavy atom. The second-order valence-electron chi connectivity index (χ2n) is 7.74. The highest BCUT2D eigenvalue weighted by Crippen LogP contribution is 2.27. The van der Waals surface area contributed by atoms with E-state index in [9.17, 15) is 18.0 Å². The molecule has 188 valence electrons. The summed E-state index contributed by atoms with van der Waals surface area (Å²) in [5.41, 5.74) is 1.59. The number of aromatic nitrogens is 1. The molecule has 11 heteroatoms. The Morgan fingerprint density at radius 2 is 1.75 bits per heavy atom. The van der Waals surface area contributed by atoms with E-state index in [4.69, 9.17) is 4.74 Å². The molecular formula is C25H24BrN3O5S2. The van der Waals surface area contributed by atoms with Gasteiger partial charge in [0.05, 0.1) is 27.4 Å². The van der Waals surface area contributed by atoms with E-state index in [1.807, 2.05) is 13.8 Å². The molecule has 0 radical (unpaired) electrons. The summed E-state index contributed by atoms with van der Waals surface area (Å²) in [5.74, 6) is 0.0733. The van der Waals surface area contributed by atoms with Crippen molar-refractivity contribution in [2.24, 2.45) is 0 Å². The van der Waals surface area contributed by atoms with E-state index < -0.39 is 22.5 Å². The van der Waals surface area contributed by atoms with Crippen molar-refractivity contribution in [3.05, 3.63) is 80.9 Å². The third kappa shape index (κ3) is 5.48. The molecule has 4 rings (SSSR count). The van der Waals surface area contributed by atoms with E-state index in [0.29, 0.717) is 30.3 Å². The van der Waals surface area contributed by atoms with Gasteiger partial charge in [0.25, 0.3) is 10.0 Å². The Hall–Kier alpha value is -3.15. The van der Waals surface area contributed by atoms with E-state index in [0.717, 1.165) is 30.3 Å². The van der Waals surface area contributed by atoms with Gasteiger partial charge in [-0.1, -0.05) is 27.3 Å². The first-order valence-corrected chi connectivity index (χ1v) is 14.2. The lowest BCUT2D eigenvalue weighted by atomic mass is 10.3. The summed E-state index contributed by atoms with van der Waals surface area (Å²) < 4.78 is 36.8. The lowest BCUT2D eigenvalue weighted by molar-refractivity contribution is -0.114. The fourth-order valence-corrected chi connectivity index (χ4v) is 6.38. The fraction of sp³-hybridized carbons (Fsp3) is 0.200. The first-order valence-electron chi connectivity index (χ1n) is 11.2. The molecular weight excluding hydrogens is 566 g/mol. The van der Waals surface area contributed by atoms with Gasteiger partial charge < -0.3 is 10.1 Å². The van der Waals surface area contributed by atoms with Gasteiger partial charge in [-0.2, -0.15) is 0 Å². The summed E-state index contributed by atoms with van der Waals surface area (Å²) in [5, 5.41) is 2.76. The summed E-state index contributed by atoms with van der Waals surface area (Å²) in [6.07, 6.45) is 0. The predicted molar refractivity (Wildman–Crippen MR) is 147 cm³/mol. The number of rotatable bonds is 9. The molecule has 1 aromatic heterocycles. The van der Waals surface area contributed by atoms with Crippen molar-refractivity contribution in [1.82, 2.24) is 4.57 Å². The second kappa shape index (κ2) is 10.9. The van der Waals surface area contributed by atoms with Crippen LogP contribution in [0.25, 0.3) is 10.2 Å². The molecule has 0 atom stereocenters. The molecule has 1 N–H and O–H groups in total. The zero-order valence-electron chi connectivity index (χ0n) is 19.6. The van der Waals surface area contributed by atoms with E-state index in [-0.39, 0.29) is 9.77 Å². The molecule has 0 aliphatic rings. The third-order valence-electron chi connectivity index (χ3n) is 5.39. The SMILES string of the molecule is CCOc1ccc(N(CC(=O)Nc2ccc3c(c2)sc(=O)n3CC)S(=O)(=O)c2ccc(Br)cc2)cc1. The number of fused-ring (bicyclic) bond motifs is 1. The quantitative estimate of drug-likeness (QED) is 0.293. The van der Waals surface area contributed by atoms with Crippen molar-refractivity contribution in [3.8, 4) is 5.75 Å². The van der Waals surface area contributed by atoms with Crippen LogP contribution in [0.3, 0.4) is 0 Å². The number of amides is 1. The zero-order valence-corrected chi connectivity index (χ0v) is 22.8. The average molecular weight is 591 g/mol. The number of benzene rings is 3. The monoisotopic (exact) mass is 589 g/mol. The van der Waals surface area contributed by atoms with E-state index >= 15 is 0 Å². The number of nitrogens with zero attached hydrogens (tertiary/aromatic N) is 2. The average Bonchev–Trinajstić information content (AvgIpc) is 3.17. The molecule has 0 aliphatic carbocycles. The van der Waals surface area contributed by atoms with Crippen LogP contribution in [0.4, 0.5) is 11.4 Å². The molecule has 0 aliphatic heterocycles. The van der Waals surface area contributed by atoms with Crippen molar-refractivity contribution >= 4 is 64.8 Å². The Kier molecular flexibility index (Phi) is 7.82. The normalized spacial score (nSPS) is 11.4. The molecule has 8 nitrogen and oxygen atoms in total. The Bertz CT molecular complexity index is 1550. The molecule has 0 saturated carbocycles. The molecule has 0 fully saturated rings. The number of carbonyl (C=O) groups is 1. The van der Waals surface area contributed by atoms with Crippen LogP contribution in [-0.4, -0.2) is 32.0 Å². The number of halogens is 1. The van der Waals surface area contributed by atoms with E-state index in [1.54, 1.807) is 59.2 Å². The minimum atomic E-state index is -4.06. The highest BCUT2D eigenvalue weighted by atomic mass is 79.9. The van der Waals surface area contributed by atoms with Gasteiger partial charge in [-0.3, -0.25) is 18.5 Å². The van der Waals surface area contributed by atoms with Crippen LogP contribution in [0.15, 0.2) is 80.9 Å². The summed E-state index contributed by atoms with van der Waals surface area (Å²) in [4.78, 5) is 25.2. The first kappa shape index (κ1) is 25.9. The van der Waals surface area contributed by atoms with E-state index in [1.165, 1.54) is 12.1 Å². The molecule has 1 amide bonds. The molecule has 0 unspecified atom stereocenters. The van der Waals surface area contributed by atoms with Gasteiger partial charge in [-0.05, 0) is 80.6 Å². The Morgan fingerprint density at radius 3 is 2.39 bits per heavy atom. The lowest BCUT2D eigenvalue weighted by Gasteiger charge is -2.24. The number of hydrogen-bond acceptors (Lipinski definition) is 6. The number of ether oxygens (including phenoxy) is 1. The van der Waals surface area contributed by atoms with Crippen LogP contribution in [0.1, 0.15) is 13.8 Å². The van der Waals surface area contributed by atoms with Crippen LogP contribution in [-0.2, 0) is 21.4 Å². The molecule has 3 aromatic carbocycles. The fourth-order valence-electron chi connectivity index (χ4n) is 3.70.